The summed E-state index contributed by atoms with van der Waals surface area (Å²) in [6.45, 7) is 4.42. The number of hydrogen-bond acceptors (Lipinski definition) is 4. The molecule has 0 unspecified atom stereocenters. The molecule has 0 saturated carbocycles. The van der Waals surface area contributed by atoms with Crippen molar-refractivity contribution in [3.05, 3.63) is 35.7 Å². The Balaban J connectivity index is 0.00000161. The third-order valence-corrected chi connectivity index (χ3v) is 5.49. The second-order valence-electron chi connectivity index (χ2n) is 4.78. The van der Waals surface area contributed by atoms with Crippen LogP contribution in [0.25, 0.3) is 0 Å². The molecular weight excluding hydrogens is 312 g/mol. The Bertz CT molecular complexity index is 738. The largest absolute Gasteiger partial charge is 0.382 e. The molecule has 0 radical (unpaired) electrons. The fourth-order valence-electron chi connectivity index (χ4n) is 2.53. The highest BCUT2D eigenvalue weighted by Gasteiger charge is 2.32. The minimum atomic E-state index is -3.59. The van der Waals surface area contributed by atoms with Crippen molar-refractivity contribution in [3.8, 4) is 0 Å². The highest BCUT2D eigenvalue weighted by molar-refractivity contribution is 7.93. The minimum Gasteiger partial charge on any atom is -0.382 e. The number of aromatic nitrogens is 2. The van der Waals surface area contributed by atoms with Gasteiger partial charge in [-0.3, -0.25) is 9.40 Å². The quantitative estimate of drug-likeness (QED) is 0.884. The Labute approximate surface area is 130 Å². The lowest BCUT2D eigenvalue weighted by molar-refractivity contribution is 0.589. The number of sulfonamides is 1. The fraction of sp³-hybridized carbons (Fsp3) is 0.308. The fourth-order valence-corrected chi connectivity index (χ4v) is 4.36. The molecule has 0 spiro atoms. The zero-order valence-electron chi connectivity index (χ0n) is 11.8. The van der Waals surface area contributed by atoms with Crippen LogP contribution in [0.1, 0.15) is 11.4 Å². The average Bonchev–Trinajstić information content (AvgIpc) is 2.78. The first-order valence-electron chi connectivity index (χ1n) is 6.39. The molecule has 2 heterocycles. The number of aryl methyl sites for hydroxylation is 2. The van der Waals surface area contributed by atoms with Gasteiger partial charge in [0, 0.05) is 6.54 Å². The van der Waals surface area contributed by atoms with Gasteiger partial charge in [-0.05, 0) is 26.0 Å². The van der Waals surface area contributed by atoms with Crippen LogP contribution in [0.5, 0.6) is 0 Å². The van der Waals surface area contributed by atoms with Crippen LogP contribution in [-0.2, 0) is 10.0 Å². The van der Waals surface area contributed by atoms with Crippen LogP contribution in [0.2, 0.25) is 0 Å². The van der Waals surface area contributed by atoms with E-state index in [-0.39, 0.29) is 17.3 Å². The van der Waals surface area contributed by atoms with Crippen molar-refractivity contribution < 1.29 is 8.42 Å². The summed E-state index contributed by atoms with van der Waals surface area (Å²) in [5, 5.41) is 9.93. The van der Waals surface area contributed by atoms with Crippen molar-refractivity contribution >= 4 is 33.8 Å². The lowest BCUT2D eigenvalue weighted by atomic mass is 10.2. The molecule has 0 amide bonds. The van der Waals surface area contributed by atoms with Gasteiger partial charge in [0.15, 0.2) is 0 Å². The molecule has 0 bridgehead atoms. The van der Waals surface area contributed by atoms with Crippen molar-refractivity contribution in [2.24, 2.45) is 0 Å². The minimum absolute atomic E-state index is 0. The number of nitrogens with zero attached hydrogens (tertiary/aromatic N) is 2. The zero-order chi connectivity index (χ0) is 14.3. The summed E-state index contributed by atoms with van der Waals surface area (Å²) in [5.74, 6) is 0. The van der Waals surface area contributed by atoms with E-state index in [1.54, 1.807) is 13.8 Å². The van der Waals surface area contributed by atoms with Gasteiger partial charge in [0.25, 0.3) is 10.0 Å². The van der Waals surface area contributed by atoms with E-state index in [4.69, 9.17) is 0 Å². The lowest BCUT2D eigenvalue weighted by Crippen LogP contribution is -2.39. The first-order valence-corrected chi connectivity index (χ1v) is 7.83. The van der Waals surface area contributed by atoms with Crippen LogP contribution in [-0.4, -0.2) is 31.7 Å². The molecule has 0 fully saturated rings. The van der Waals surface area contributed by atoms with Crippen LogP contribution in [0.15, 0.2) is 29.2 Å². The maximum atomic E-state index is 12.9. The maximum Gasteiger partial charge on any atom is 0.268 e. The first kappa shape index (κ1) is 15.7. The van der Waals surface area contributed by atoms with Crippen molar-refractivity contribution in [1.29, 1.82) is 0 Å². The Kier molecular flexibility index (Phi) is 4.15. The number of para-hydroxylation sites is 2. The SMILES string of the molecule is Cc1n[nH]c(C)c1S(=O)(=O)N1CCNc2ccccc21.Cl. The topological polar surface area (TPSA) is 78.1 Å². The first-order chi connectivity index (χ1) is 9.51. The number of halogens is 1. The van der Waals surface area contributed by atoms with E-state index >= 15 is 0 Å². The van der Waals surface area contributed by atoms with Crippen LogP contribution in [0, 0.1) is 13.8 Å². The second-order valence-corrected chi connectivity index (χ2v) is 6.58. The third-order valence-electron chi connectivity index (χ3n) is 3.41. The smallest absolute Gasteiger partial charge is 0.268 e. The van der Waals surface area contributed by atoms with Gasteiger partial charge in [0.1, 0.15) is 4.90 Å². The Morgan fingerprint density at radius 2 is 1.95 bits per heavy atom. The number of rotatable bonds is 2. The molecule has 2 aromatic rings. The molecule has 0 aliphatic carbocycles. The van der Waals surface area contributed by atoms with Crippen LogP contribution in [0.3, 0.4) is 0 Å². The molecule has 6 nitrogen and oxygen atoms in total. The van der Waals surface area contributed by atoms with Gasteiger partial charge >= 0.3 is 0 Å². The molecule has 3 rings (SSSR count). The molecule has 1 aromatic carbocycles. The van der Waals surface area contributed by atoms with E-state index in [0.717, 1.165) is 5.69 Å². The Hall–Kier alpha value is -1.73. The number of anilines is 2. The second kappa shape index (κ2) is 5.57. The summed E-state index contributed by atoms with van der Waals surface area (Å²) < 4.78 is 27.2. The number of nitrogens with one attached hydrogen (secondary N) is 2. The standard InChI is InChI=1S/C13H16N4O2S.ClH/c1-9-13(10(2)16-15-9)20(18,19)17-8-7-14-11-5-3-4-6-12(11)17;/h3-6,14H,7-8H2,1-2H3,(H,15,16);1H. The van der Waals surface area contributed by atoms with Gasteiger partial charge in [-0.15, -0.1) is 12.4 Å². The number of H-pyrrole nitrogens is 1. The predicted molar refractivity (Wildman–Crippen MR) is 84.8 cm³/mol. The number of aromatic amines is 1. The number of benzene rings is 1. The van der Waals surface area contributed by atoms with E-state index in [9.17, 15) is 8.42 Å². The van der Waals surface area contributed by atoms with Crippen molar-refractivity contribution in [2.45, 2.75) is 18.7 Å². The Morgan fingerprint density at radius 3 is 2.62 bits per heavy atom. The molecule has 114 valence electrons. The molecule has 1 aromatic heterocycles. The molecular formula is C13H17ClN4O2S. The van der Waals surface area contributed by atoms with Crippen molar-refractivity contribution in [3.63, 3.8) is 0 Å². The van der Waals surface area contributed by atoms with Gasteiger partial charge in [0.2, 0.25) is 0 Å². The normalized spacial score (nSPS) is 14.1. The molecule has 1 aliphatic heterocycles. The van der Waals surface area contributed by atoms with E-state index < -0.39 is 10.0 Å². The van der Waals surface area contributed by atoms with Crippen molar-refractivity contribution in [2.75, 3.05) is 22.7 Å². The lowest BCUT2D eigenvalue weighted by Gasteiger charge is -2.31. The summed E-state index contributed by atoms with van der Waals surface area (Å²) >= 11 is 0. The average molecular weight is 329 g/mol. The van der Waals surface area contributed by atoms with Crippen LogP contribution >= 0.6 is 12.4 Å². The highest BCUT2D eigenvalue weighted by atomic mass is 35.5. The van der Waals surface area contributed by atoms with Crippen LogP contribution in [0.4, 0.5) is 11.4 Å². The molecule has 1 aliphatic rings. The molecule has 21 heavy (non-hydrogen) atoms. The number of fused-ring (bicyclic) bond motifs is 1. The molecule has 2 N–H and O–H groups in total. The van der Waals surface area contributed by atoms with Gasteiger partial charge in [-0.2, -0.15) is 5.10 Å². The van der Waals surface area contributed by atoms with E-state index in [1.165, 1.54) is 4.31 Å². The van der Waals surface area contributed by atoms with E-state index in [2.05, 4.69) is 15.5 Å². The predicted octanol–water partition coefficient (Wildman–Crippen LogP) is 2.07. The summed E-state index contributed by atoms with van der Waals surface area (Å²) in [6.07, 6.45) is 0. The summed E-state index contributed by atoms with van der Waals surface area (Å²) in [5.41, 5.74) is 2.58. The van der Waals surface area contributed by atoms with Crippen LogP contribution < -0.4 is 9.62 Å². The van der Waals surface area contributed by atoms with Gasteiger partial charge in [-0.25, -0.2) is 8.42 Å². The zero-order valence-corrected chi connectivity index (χ0v) is 13.4. The number of hydrogen-bond donors (Lipinski definition) is 2. The van der Waals surface area contributed by atoms with Crippen molar-refractivity contribution in [1.82, 2.24) is 10.2 Å². The maximum absolute atomic E-state index is 12.9. The third kappa shape index (κ3) is 2.47. The van der Waals surface area contributed by atoms with Gasteiger partial charge in [-0.1, -0.05) is 12.1 Å². The summed E-state index contributed by atoms with van der Waals surface area (Å²) in [4.78, 5) is 0.272. The van der Waals surface area contributed by atoms with Gasteiger partial charge in [0.05, 0.1) is 29.3 Å². The monoisotopic (exact) mass is 328 g/mol. The summed E-state index contributed by atoms with van der Waals surface area (Å²) in [7, 11) is -3.59. The Morgan fingerprint density at radius 1 is 1.24 bits per heavy atom. The van der Waals surface area contributed by atoms with Gasteiger partial charge < -0.3 is 5.32 Å². The molecule has 0 saturated heterocycles. The highest BCUT2D eigenvalue weighted by Crippen LogP contribution is 2.34. The summed E-state index contributed by atoms with van der Waals surface area (Å²) in [6, 6.07) is 7.41. The molecule has 0 atom stereocenters. The molecule has 8 heteroatoms. The van der Waals surface area contributed by atoms with E-state index in [0.29, 0.717) is 30.2 Å². The van der Waals surface area contributed by atoms with E-state index in [1.807, 2.05) is 24.3 Å².